The van der Waals surface area contributed by atoms with Gasteiger partial charge >= 0.3 is 5.97 Å². The van der Waals surface area contributed by atoms with Gasteiger partial charge in [0.2, 0.25) is 0 Å². The van der Waals surface area contributed by atoms with Crippen molar-refractivity contribution in [3.8, 4) is 17.0 Å². The summed E-state index contributed by atoms with van der Waals surface area (Å²) in [7, 11) is 0. The van der Waals surface area contributed by atoms with E-state index >= 15 is 0 Å². The van der Waals surface area contributed by atoms with E-state index in [9.17, 15) is 9.90 Å². The number of esters is 1. The van der Waals surface area contributed by atoms with Crippen LogP contribution in [0, 0.1) is 6.92 Å². The van der Waals surface area contributed by atoms with Crippen molar-refractivity contribution in [2.75, 3.05) is 6.61 Å². The third-order valence-corrected chi connectivity index (χ3v) is 4.69. The molecule has 4 aromatic rings. The van der Waals surface area contributed by atoms with Gasteiger partial charge in [0.15, 0.2) is 0 Å². The zero-order valence-corrected chi connectivity index (χ0v) is 14.7. The minimum absolute atomic E-state index is 0.147. The molecule has 0 bridgehead atoms. The van der Waals surface area contributed by atoms with Gasteiger partial charge in [-0.1, -0.05) is 48.5 Å². The molecule has 0 aliphatic rings. The Hall–Kier alpha value is -3.27. The monoisotopic (exact) mass is 345 g/mol. The Labute approximate surface area is 151 Å². The number of rotatable bonds is 3. The predicted octanol–water partition coefficient (Wildman–Crippen LogP) is 5.18. The average molecular weight is 345 g/mol. The van der Waals surface area contributed by atoms with Gasteiger partial charge in [-0.05, 0) is 25.5 Å². The fourth-order valence-electron chi connectivity index (χ4n) is 3.48. The molecule has 0 spiro atoms. The maximum Gasteiger partial charge on any atom is 0.340 e. The molecule has 0 amide bonds. The number of aryl methyl sites for hydroxylation is 1. The van der Waals surface area contributed by atoms with Crippen LogP contribution in [0.4, 0.5) is 0 Å². The van der Waals surface area contributed by atoms with Crippen LogP contribution in [0.5, 0.6) is 5.75 Å². The van der Waals surface area contributed by atoms with Crippen molar-refractivity contribution < 1.29 is 14.6 Å². The number of phenolic OH excluding ortho intramolecular Hbond substituents is 1. The van der Waals surface area contributed by atoms with Crippen LogP contribution in [0.1, 0.15) is 22.8 Å². The molecule has 1 heterocycles. The van der Waals surface area contributed by atoms with E-state index in [1.54, 1.807) is 13.0 Å². The smallest absolute Gasteiger partial charge is 0.340 e. The summed E-state index contributed by atoms with van der Waals surface area (Å²) in [5.74, 6) is -0.249. The number of fused-ring (bicyclic) bond motifs is 3. The summed E-state index contributed by atoms with van der Waals surface area (Å²) < 4.78 is 5.31. The molecular weight excluding hydrogens is 326 g/mol. The Balaban J connectivity index is 2.14. The van der Waals surface area contributed by atoms with Gasteiger partial charge in [-0.3, -0.25) is 0 Å². The number of carbonyl (C=O) groups is 1. The van der Waals surface area contributed by atoms with Crippen molar-refractivity contribution in [3.05, 3.63) is 65.7 Å². The topological polar surface area (TPSA) is 62.3 Å². The maximum atomic E-state index is 12.7. The lowest BCUT2D eigenvalue weighted by Crippen LogP contribution is -2.05. The number of carbonyl (C=O) groups excluding carboxylic acids is 1. The first-order chi connectivity index (χ1) is 12.6. The predicted molar refractivity (Wildman–Crippen MR) is 104 cm³/mol. The van der Waals surface area contributed by atoms with E-state index in [1.807, 2.05) is 55.5 Å². The molecule has 1 aromatic heterocycles. The van der Waals surface area contributed by atoms with Crippen LogP contribution in [0.25, 0.3) is 32.9 Å². The van der Waals surface area contributed by atoms with Crippen molar-refractivity contribution in [3.63, 3.8) is 0 Å². The molecule has 4 nitrogen and oxygen atoms in total. The van der Waals surface area contributed by atoms with E-state index in [-0.39, 0.29) is 12.4 Å². The van der Waals surface area contributed by atoms with Gasteiger partial charge in [0.25, 0.3) is 0 Å². The van der Waals surface area contributed by atoms with E-state index < -0.39 is 5.97 Å². The lowest BCUT2D eigenvalue weighted by Gasteiger charge is -2.07. The molecule has 0 fully saturated rings. The summed E-state index contributed by atoms with van der Waals surface area (Å²) in [4.78, 5) is 16.2. The number of ether oxygens (including phenoxy) is 1. The number of aromatic amines is 1. The normalized spacial score (nSPS) is 11.2. The van der Waals surface area contributed by atoms with Gasteiger partial charge in [-0.15, -0.1) is 0 Å². The molecular formula is C22H19NO3. The first-order valence-corrected chi connectivity index (χ1v) is 8.61. The molecule has 4 rings (SSSR count). The van der Waals surface area contributed by atoms with Gasteiger partial charge in [-0.2, -0.15) is 0 Å². The second-order valence-electron chi connectivity index (χ2n) is 6.27. The van der Waals surface area contributed by atoms with E-state index in [0.717, 1.165) is 27.4 Å². The summed E-state index contributed by atoms with van der Waals surface area (Å²) in [6.45, 7) is 4.08. The summed E-state index contributed by atoms with van der Waals surface area (Å²) in [6, 6.07) is 17.1. The Morgan fingerprint density at radius 1 is 1.04 bits per heavy atom. The Morgan fingerprint density at radius 2 is 1.73 bits per heavy atom. The largest absolute Gasteiger partial charge is 0.507 e. The molecule has 0 unspecified atom stereocenters. The highest BCUT2D eigenvalue weighted by molar-refractivity contribution is 6.18. The number of H-pyrrole nitrogens is 1. The summed E-state index contributed by atoms with van der Waals surface area (Å²) in [5.41, 5.74) is 3.98. The summed E-state index contributed by atoms with van der Waals surface area (Å²) >= 11 is 0. The van der Waals surface area contributed by atoms with Gasteiger partial charge in [0, 0.05) is 21.7 Å². The van der Waals surface area contributed by atoms with Gasteiger partial charge in [-0.25, -0.2) is 4.79 Å². The Kier molecular flexibility index (Phi) is 3.88. The quantitative estimate of drug-likeness (QED) is 0.503. The third kappa shape index (κ3) is 2.42. The first kappa shape index (κ1) is 16.2. The minimum Gasteiger partial charge on any atom is -0.507 e. The van der Waals surface area contributed by atoms with E-state index in [4.69, 9.17) is 4.74 Å². The molecule has 26 heavy (non-hydrogen) atoms. The number of hydrogen-bond donors (Lipinski definition) is 2. The van der Waals surface area contributed by atoms with Crippen LogP contribution < -0.4 is 0 Å². The molecule has 0 aliphatic carbocycles. The van der Waals surface area contributed by atoms with E-state index in [2.05, 4.69) is 4.98 Å². The Bertz CT molecular complexity index is 1140. The number of aromatic hydroxyl groups is 1. The molecule has 2 N–H and O–H groups in total. The third-order valence-electron chi connectivity index (χ3n) is 4.69. The molecule has 0 radical (unpaired) electrons. The number of benzene rings is 3. The van der Waals surface area contributed by atoms with Gasteiger partial charge < -0.3 is 14.8 Å². The second kappa shape index (κ2) is 6.23. The van der Waals surface area contributed by atoms with Crippen LogP contribution in [-0.4, -0.2) is 22.7 Å². The second-order valence-corrected chi connectivity index (χ2v) is 6.27. The number of aromatic nitrogens is 1. The molecule has 0 atom stereocenters. The van der Waals surface area contributed by atoms with Crippen LogP contribution in [0.3, 0.4) is 0 Å². The SMILES string of the molecule is CCOC(=O)c1c(-c2ccccc2C)[nH]c2c1cc(O)c1ccccc12. The average Bonchev–Trinajstić information content (AvgIpc) is 3.02. The van der Waals surface area contributed by atoms with Crippen molar-refractivity contribution in [2.24, 2.45) is 0 Å². The summed E-state index contributed by atoms with van der Waals surface area (Å²) in [5, 5.41) is 12.8. The number of hydrogen-bond acceptors (Lipinski definition) is 3. The standard InChI is InChI=1S/C22H19NO3/c1-3-26-22(25)19-17-12-18(24)15-10-6-7-11-16(15)20(17)23-21(19)14-9-5-4-8-13(14)2/h4-12,23-24H,3H2,1-2H3. The van der Waals surface area contributed by atoms with Crippen molar-refractivity contribution in [1.82, 2.24) is 4.98 Å². The van der Waals surface area contributed by atoms with Crippen molar-refractivity contribution in [2.45, 2.75) is 13.8 Å². The molecule has 0 saturated carbocycles. The highest BCUT2D eigenvalue weighted by Gasteiger charge is 2.23. The highest BCUT2D eigenvalue weighted by Crippen LogP contribution is 2.39. The highest BCUT2D eigenvalue weighted by atomic mass is 16.5. The van der Waals surface area contributed by atoms with E-state index in [0.29, 0.717) is 16.6 Å². The summed E-state index contributed by atoms with van der Waals surface area (Å²) in [6.07, 6.45) is 0. The number of phenols is 1. The lowest BCUT2D eigenvalue weighted by molar-refractivity contribution is 0.0529. The molecule has 0 saturated heterocycles. The van der Waals surface area contributed by atoms with Crippen molar-refractivity contribution >= 4 is 27.6 Å². The van der Waals surface area contributed by atoms with Crippen LogP contribution in [0.2, 0.25) is 0 Å². The van der Waals surface area contributed by atoms with Crippen LogP contribution in [-0.2, 0) is 4.74 Å². The van der Waals surface area contributed by atoms with Gasteiger partial charge in [0.05, 0.1) is 23.4 Å². The van der Waals surface area contributed by atoms with Crippen LogP contribution >= 0.6 is 0 Å². The molecule has 130 valence electrons. The fourth-order valence-corrected chi connectivity index (χ4v) is 3.48. The molecule has 4 heteroatoms. The number of nitrogens with one attached hydrogen (secondary N) is 1. The lowest BCUT2D eigenvalue weighted by atomic mass is 10.00. The maximum absolute atomic E-state index is 12.7. The zero-order chi connectivity index (χ0) is 18.3. The molecule has 0 aliphatic heterocycles. The van der Waals surface area contributed by atoms with Crippen molar-refractivity contribution in [1.29, 1.82) is 0 Å². The zero-order valence-electron chi connectivity index (χ0n) is 14.7. The molecule has 3 aromatic carbocycles. The van der Waals surface area contributed by atoms with E-state index in [1.165, 1.54) is 0 Å². The first-order valence-electron chi connectivity index (χ1n) is 8.61. The Morgan fingerprint density at radius 3 is 2.46 bits per heavy atom. The van der Waals surface area contributed by atoms with Gasteiger partial charge in [0.1, 0.15) is 5.75 Å². The fraction of sp³-hybridized carbons (Fsp3) is 0.136. The van der Waals surface area contributed by atoms with Crippen LogP contribution in [0.15, 0.2) is 54.6 Å². The minimum atomic E-state index is -0.397.